The minimum atomic E-state index is -1.13. The third kappa shape index (κ3) is 3.97. The van der Waals surface area contributed by atoms with E-state index >= 15 is 0 Å². The number of hydrogen-bond donors (Lipinski definition) is 2. The maximum absolute atomic E-state index is 11.9. The molecule has 0 saturated heterocycles. The van der Waals surface area contributed by atoms with Gasteiger partial charge >= 0.3 is 5.97 Å². The predicted octanol–water partition coefficient (Wildman–Crippen LogP) is 2.34. The molecule has 0 aliphatic heterocycles. The summed E-state index contributed by atoms with van der Waals surface area (Å²) in [5, 5.41) is 18.3. The summed E-state index contributed by atoms with van der Waals surface area (Å²) in [7, 11) is 0. The number of carboxylic acid groups (broad SMARTS) is 1. The molecule has 6 heteroatoms. The summed E-state index contributed by atoms with van der Waals surface area (Å²) in [6.07, 6.45) is 4.23. The number of aromatic hydroxyl groups is 1. The quantitative estimate of drug-likeness (QED) is 0.625. The Bertz CT molecular complexity index is 669. The number of ketones is 1. The zero-order valence-electron chi connectivity index (χ0n) is 10.9. The van der Waals surface area contributed by atoms with Crippen molar-refractivity contribution in [2.24, 2.45) is 0 Å². The van der Waals surface area contributed by atoms with E-state index in [2.05, 4.69) is 0 Å². The Morgan fingerprint density at radius 1 is 1.29 bits per heavy atom. The van der Waals surface area contributed by atoms with E-state index in [1.807, 2.05) is 0 Å². The number of allylic oxidation sites excluding steroid dienone is 1. The van der Waals surface area contributed by atoms with Crippen molar-refractivity contribution in [3.63, 3.8) is 0 Å². The lowest BCUT2D eigenvalue weighted by molar-refractivity contribution is -0.139. The van der Waals surface area contributed by atoms with Crippen LogP contribution in [0.25, 0.3) is 6.08 Å². The average molecular weight is 288 g/mol. The molecule has 0 aliphatic carbocycles. The minimum absolute atomic E-state index is 0.0838. The van der Waals surface area contributed by atoms with Gasteiger partial charge in [0, 0.05) is 6.07 Å². The Morgan fingerprint density at radius 3 is 2.71 bits per heavy atom. The molecule has 1 aromatic carbocycles. The molecule has 0 amide bonds. The molecule has 21 heavy (non-hydrogen) atoms. The van der Waals surface area contributed by atoms with E-state index in [0.717, 1.165) is 0 Å². The van der Waals surface area contributed by atoms with Gasteiger partial charge < -0.3 is 19.4 Å². The van der Waals surface area contributed by atoms with Crippen LogP contribution in [0.1, 0.15) is 16.1 Å². The van der Waals surface area contributed by atoms with Crippen molar-refractivity contribution in [3.8, 4) is 11.5 Å². The fraction of sp³-hybridized carbons (Fsp3) is 0.0667. The van der Waals surface area contributed by atoms with E-state index in [9.17, 15) is 14.7 Å². The van der Waals surface area contributed by atoms with Crippen LogP contribution < -0.4 is 4.74 Å². The van der Waals surface area contributed by atoms with E-state index in [1.54, 1.807) is 12.1 Å². The fourth-order valence-corrected chi connectivity index (χ4v) is 1.59. The molecule has 0 saturated carbocycles. The maximum Gasteiger partial charge on any atom is 0.341 e. The van der Waals surface area contributed by atoms with Gasteiger partial charge in [-0.15, -0.1) is 0 Å². The number of phenolic OH excluding ortho intramolecular Hbond substituents is 1. The highest BCUT2D eigenvalue weighted by molar-refractivity contribution is 6.08. The number of rotatable bonds is 6. The minimum Gasteiger partial charge on any atom is -0.507 e. The average Bonchev–Trinajstić information content (AvgIpc) is 2.96. The van der Waals surface area contributed by atoms with E-state index < -0.39 is 18.4 Å². The van der Waals surface area contributed by atoms with Gasteiger partial charge in [-0.1, -0.05) is 0 Å². The normalized spacial score (nSPS) is 10.7. The van der Waals surface area contributed by atoms with Crippen LogP contribution in [0.4, 0.5) is 0 Å². The van der Waals surface area contributed by atoms with Gasteiger partial charge in [0.15, 0.2) is 12.4 Å². The maximum atomic E-state index is 11.9. The highest BCUT2D eigenvalue weighted by atomic mass is 16.5. The number of carbonyl (C=O) groups excluding carboxylic acids is 1. The van der Waals surface area contributed by atoms with Gasteiger partial charge in [-0.3, -0.25) is 4.79 Å². The van der Waals surface area contributed by atoms with Crippen molar-refractivity contribution in [3.05, 3.63) is 54.0 Å². The Kier molecular flexibility index (Phi) is 4.40. The largest absolute Gasteiger partial charge is 0.507 e. The molecule has 0 aliphatic rings. The standard InChI is InChI=1S/C15H12O6/c16-13(6-4-10-2-1-7-20-10)12-5-3-11(8-14(12)17)21-9-15(18)19/h1-8,17H,9H2,(H,18,19)/b6-4+. The van der Waals surface area contributed by atoms with Crippen LogP contribution in [0.3, 0.4) is 0 Å². The lowest BCUT2D eigenvalue weighted by Crippen LogP contribution is -2.09. The van der Waals surface area contributed by atoms with Gasteiger partial charge in [-0.2, -0.15) is 0 Å². The number of carbonyl (C=O) groups is 2. The number of hydrogen-bond acceptors (Lipinski definition) is 5. The first-order valence-electron chi connectivity index (χ1n) is 6.00. The Morgan fingerprint density at radius 2 is 2.10 bits per heavy atom. The van der Waals surface area contributed by atoms with Crippen molar-refractivity contribution >= 4 is 17.8 Å². The summed E-state index contributed by atoms with van der Waals surface area (Å²) in [6.45, 7) is -0.523. The van der Waals surface area contributed by atoms with Crippen LogP contribution in [0, 0.1) is 0 Å². The van der Waals surface area contributed by atoms with Gasteiger partial charge in [0.25, 0.3) is 0 Å². The molecule has 2 N–H and O–H groups in total. The third-order valence-corrected chi connectivity index (χ3v) is 2.54. The van der Waals surface area contributed by atoms with E-state index in [0.29, 0.717) is 5.76 Å². The second-order valence-electron chi connectivity index (χ2n) is 4.07. The Labute approximate surface area is 119 Å². The number of furan rings is 1. The lowest BCUT2D eigenvalue weighted by atomic mass is 10.1. The van der Waals surface area contributed by atoms with Crippen LogP contribution in [0.2, 0.25) is 0 Å². The van der Waals surface area contributed by atoms with E-state index in [1.165, 1.54) is 36.6 Å². The molecule has 0 radical (unpaired) electrons. The second kappa shape index (κ2) is 6.42. The molecular weight excluding hydrogens is 276 g/mol. The number of phenols is 1. The molecule has 2 aromatic rings. The summed E-state index contributed by atoms with van der Waals surface area (Å²) in [5.41, 5.74) is 0.0838. The van der Waals surface area contributed by atoms with E-state index in [4.69, 9.17) is 14.3 Å². The van der Waals surface area contributed by atoms with Gasteiger partial charge in [-0.05, 0) is 36.4 Å². The van der Waals surface area contributed by atoms with Crippen molar-refractivity contribution in [1.29, 1.82) is 0 Å². The first-order valence-corrected chi connectivity index (χ1v) is 6.00. The summed E-state index contributed by atoms with van der Waals surface area (Å²) < 4.78 is 9.94. The number of benzene rings is 1. The molecule has 0 spiro atoms. The van der Waals surface area contributed by atoms with Crippen molar-refractivity contribution < 1.29 is 29.0 Å². The van der Waals surface area contributed by atoms with Gasteiger partial charge in [0.05, 0.1) is 11.8 Å². The first-order chi connectivity index (χ1) is 10.1. The number of carboxylic acids is 1. The SMILES string of the molecule is O=C(O)COc1ccc(C(=O)/C=C/c2ccco2)c(O)c1. The second-order valence-corrected chi connectivity index (χ2v) is 4.07. The van der Waals surface area contributed by atoms with Crippen molar-refractivity contribution in [2.75, 3.05) is 6.61 Å². The zero-order chi connectivity index (χ0) is 15.2. The molecule has 0 fully saturated rings. The predicted molar refractivity (Wildman–Crippen MR) is 73.3 cm³/mol. The van der Waals surface area contributed by atoms with Crippen LogP contribution in [-0.2, 0) is 4.79 Å². The number of aliphatic carboxylic acids is 1. The summed E-state index contributed by atoms with van der Waals surface area (Å²) in [5.74, 6) is -1.14. The smallest absolute Gasteiger partial charge is 0.341 e. The fourth-order valence-electron chi connectivity index (χ4n) is 1.59. The van der Waals surface area contributed by atoms with Crippen molar-refractivity contribution in [2.45, 2.75) is 0 Å². The monoisotopic (exact) mass is 288 g/mol. The molecule has 2 rings (SSSR count). The summed E-state index contributed by atoms with van der Waals surface area (Å²) in [4.78, 5) is 22.3. The summed E-state index contributed by atoms with van der Waals surface area (Å²) in [6, 6.07) is 7.34. The molecule has 0 bridgehead atoms. The highest BCUT2D eigenvalue weighted by Crippen LogP contribution is 2.24. The Balaban J connectivity index is 2.09. The molecule has 1 aromatic heterocycles. The van der Waals surface area contributed by atoms with Crippen LogP contribution >= 0.6 is 0 Å². The zero-order valence-corrected chi connectivity index (χ0v) is 10.9. The topological polar surface area (TPSA) is 97.0 Å². The number of ether oxygens (including phenoxy) is 1. The van der Waals surface area contributed by atoms with Gasteiger partial charge in [-0.25, -0.2) is 4.79 Å². The highest BCUT2D eigenvalue weighted by Gasteiger charge is 2.10. The molecule has 0 atom stereocenters. The molecule has 0 unspecified atom stereocenters. The lowest BCUT2D eigenvalue weighted by Gasteiger charge is -2.05. The van der Waals surface area contributed by atoms with Crippen molar-refractivity contribution in [1.82, 2.24) is 0 Å². The Hall–Kier alpha value is -3.02. The third-order valence-electron chi connectivity index (χ3n) is 2.54. The molecule has 1 heterocycles. The van der Waals surface area contributed by atoms with E-state index in [-0.39, 0.29) is 17.1 Å². The van der Waals surface area contributed by atoms with Gasteiger partial charge in [0.2, 0.25) is 0 Å². The van der Waals surface area contributed by atoms with Crippen LogP contribution in [0.15, 0.2) is 47.1 Å². The van der Waals surface area contributed by atoms with Gasteiger partial charge in [0.1, 0.15) is 17.3 Å². The first kappa shape index (κ1) is 14.4. The van der Waals surface area contributed by atoms with Crippen LogP contribution in [0.5, 0.6) is 11.5 Å². The summed E-state index contributed by atoms with van der Waals surface area (Å²) >= 11 is 0. The molecule has 108 valence electrons. The molecule has 6 nitrogen and oxygen atoms in total. The molecular formula is C15H12O6. The van der Waals surface area contributed by atoms with Crippen LogP contribution in [-0.4, -0.2) is 28.6 Å².